The van der Waals surface area contributed by atoms with Crippen molar-refractivity contribution in [1.29, 1.82) is 0 Å². The third kappa shape index (κ3) is 5.36. The van der Waals surface area contributed by atoms with Gasteiger partial charge in [0.25, 0.3) is 0 Å². The molecule has 1 saturated heterocycles. The quantitative estimate of drug-likeness (QED) is 0.312. The zero-order valence-corrected chi connectivity index (χ0v) is 12.8. The maximum atomic E-state index is 9.97. The first kappa shape index (κ1) is 14.9. The number of aliphatic hydroxyl groups is 1. The van der Waals surface area contributed by atoms with Gasteiger partial charge < -0.3 is 9.84 Å². The smallest absolute Gasteiger partial charge is 0.107 e. The number of epoxide rings is 1. The molecule has 0 aromatic carbocycles. The van der Waals surface area contributed by atoms with Gasteiger partial charge in [0.2, 0.25) is 0 Å². The van der Waals surface area contributed by atoms with Crippen molar-refractivity contribution in [3.8, 4) is 0 Å². The Morgan fingerprint density at radius 2 is 1.94 bits per heavy atom. The minimum atomic E-state index is -1.22. The van der Waals surface area contributed by atoms with E-state index >= 15 is 0 Å². The second kappa shape index (κ2) is 6.71. The Hall–Kier alpha value is -0.123. The van der Waals surface area contributed by atoms with Gasteiger partial charge in [-0.05, 0) is 19.3 Å². The zero-order valence-electron chi connectivity index (χ0n) is 11.8. The van der Waals surface area contributed by atoms with Crippen molar-refractivity contribution in [2.75, 3.05) is 0 Å². The molecule has 0 unspecified atom stereocenters. The van der Waals surface area contributed by atoms with E-state index in [4.69, 9.17) is 4.74 Å². The monoisotopic (exact) mass is 256 g/mol. The average Bonchev–Trinajstić information content (AvgIpc) is 3.02. The molecule has 2 nitrogen and oxygen atoms in total. The lowest BCUT2D eigenvalue weighted by atomic mass is 10.1. The Balaban J connectivity index is 2.13. The molecule has 0 amide bonds. The lowest BCUT2D eigenvalue weighted by Gasteiger charge is -2.12. The van der Waals surface area contributed by atoms with E-state index in [0.29, 0.717) is 5.73 Å². The Kier molecular flexibility index (Phi) is 5.90. The fourth-order valence-corrected chi connectivity index (χ4v) is 3.89. The van der Waals surface area contributed by atoms with E-state index in [2.05, 4.69) is 38.7 Å². The van der Waals surface area contributed by atoms with Gasteiger partial charge in [-0.1, -0.05) is 51.6 Å². The minimum absolute atomic E-state index is 0.113. The average molecular weight is 256 g/mol. The molecule has 0 saturated carbocycles. The molecule has 17 heavy (non-hydrogen) atoms. The molecule has 0 aliphatic carbocycles. The molecule has 0 spiro atoms. The second-order valence-electron chi connectivity index (χ2n) is 6.16. The fourth-order valence-electron chi connectivity index (χ4n) is 2.11. The molecule has 3 heteroatoms. The maximum Gasteiger partial charge on any atom is 0.107 e. The summed E-state index contributed by atoms with van der Waals surface area (Å²) in [5, 5.41) is 9.97. The molecule has 1 heterocycles. The van der Waals surface area contributed by atoms with Crippen molar-refractivity contribution < 1.29 is 9.84 Å². The van der Waals surface area contributed by atoms with Crippen LogP contribution in [0.5, 0.6) is 0 Å². The third-order valence-electron chi connectivity index (χ3n) is 3.28. The van der Waals surface area contributed by atoms with Crippen molar-refractivity contribution in [2.24, 2.45) is 0 Å². The molecule has 0 radical (unpaired) electrons. The highest BCUT2D eigenvalue weighted by Crippen LogP contribution is 2.34. The highest BCUT2D eigenvalue weighted by atomic mass is 28.3. The number of rotatable bonds is 8. The maximum absolute atomic E-state index is 9.97. The SMILES string of the molecule is CCCCC/C=C\C[C@H](O)[C@@H]1O[C@H]1[Si](C)(C)C. The van der Waals surface area contributed by atoms with E-state index in [-0.39, 0.29) is 12.2 Å². The number of hydrogen-bond acceptors (Lipinski definition) is 2. The van der Waals surface area contributed by atoms with Crippen molar-refractivity contribution in [3.05, 3.63) is 12.2 Å². The number of allylic oxidation sites excluding steroid dienone is 1. The first-order chi connectivity index (χ1) is 7.96. The summed E-state index contributed by atoms with van der Waals surface area (Å²) in [6, 6.07) is 0. The van der Waals surface area contributed by atoms with Crippen LogP contribution in [-0.2, 0) is 4.74 Å². The van der Waals surface area contributed by atoms with E-state index in [0.717, 1.165) is 12.8 Å². The standard InChI is InChI=1S/C14H28O2Si/c1-5-6-7-8-9-10-11-12(15)13-14(16-13)17(2,3)4/h9-10,12-15H,5-8,11H2,1-4H3/b10-9-/t12-,13-,14-/m0/s1. The fraction of sp³-hybridized carbons (Fsp3) is 0.857. The molecule has 1 aliphatic heterocycles. The topological polar surface area (TPSA) is 32.8 Å². The summed E-state index contributed by atoms with van der Waals surface area (Å²) in [6.45, 7) is 9.11. The molecular weight excluding hydrogens is 228 g/mol. The summed E-state index contributed by atoms with van der Waals surface area (Å²) in [5.74, 6) is 0. The second-order valence-corrected chi connectivity index (χ2v) is 11.5. The molecule has 1 fully saturated rings. The predicted molar refractivity (Wildman–Crippen MR) is 75.9 cm³/mol. The largest absolute Gasteiger partial charge is 0.390 e. The lowest BCUT2D eigenvalue weighted by molar-refractivity contribution is 0.138. The molecule has 3 atom stereocenters. The van der Waals surface area contributed by atoms with Crippen LogP contribution < -0.4 is 0 Å². The number of hydrogen-bond donors (Lipinski definition) is 1. The van der Waals surface area contributed by atoms with Gasteiger partial charge in [0.05, 0.1) is 19.9 Å². The van der Waals surface area contributed by atoms with Gasteiger partial charge in [0, 0.05) is 0 Å². The Labute approximate surface area is 107 Å². The Morgan fingerprint density at radius 3 is 2.47 bits per heavy atom. The number of aliphatic hydroxyl groups excluding tert-OH is 1. The summed E-state index contributed by atoms with van der Waals surface area (Å²) >= 11 is 0. The first-order valence-corrected chi connectivity index (χ1v) is 10.5. The Bertz CT molecular complexity index is 245. The van der Waals surface area contributed by atoms with E-state index in [1.54, 1.807) is 0 Å². The molecule has 0 bridgehead atoms. The summed E-state index contributed by atoms with van der Waals surface area (Å²) in [6.07, 6.45) is 9.85. The van der Waals surface area contributed by atoms with Gasteiger partial charge in [-0.15, -0.1) is 0 Å². The van der Waals surface area contributed by atoms with Gasteiger partial charge in [0.15, 0.2) is 0 Å². The van der Waals surface area contributed by atoms with Gasteiger partial charge in [-0.3, -0.25) is 0 Å². The van der Waals surface area contributed by atoms with Crippen LogP contribution in [0.3, 0.4) is 0 Å². The molecule has 100 valence electrons. The van der Waals surface area contributed by atoms with Crippen LogP contribution >= 0.6 is 0 Å². The highest BCUT2D eigenvalue weighted by Gasteiger charge is 2.51. The zero-order chi connectivity index (χ0) is 12.9. The summed E-state index contributed by atoms with van der Waals surface area (Å²) < 4.78 is 5.62. The van der Waals surface area contributed by atoms with Gasteiger partial charge in [0.1, 0.15) is 6.10 Å². The van der Waals surface area contributed by atoms with E-state index < -0.39 is 8.07 Å². The van der Waals surface area contributed by atoms with Crippen molar-refractivity contribution in [3.63, 3.8) is 0 Å². The normalized spacial score (nSPS) is 26.4. The number of ether oxygens (including phenoxy) is 1. The van der Waals surface area contributed by atoms with Gasteiger partial charge in [-0.25, -0.2) is 0 Å². The predicted octanol–water partition coefficient (Wildman–Crippen LogP) is 3.52. The summed E-state index contributed by atoms with van der Waals surface area (Å²) in [7, 11) is -1.22. The molecule has 0 aromatic rings. The van der Waals surface area contributed by atoms with Gasteiger partial charge in [-0.2, -0.15) is 0 Å². The molecule has 0 aromatic heterocycles. The van der Waals surface area contributed by atoms with Crippen molar-refractivity contribution in [1.82, 2.24) is 0 Å². The highest BCUT2D eigenvalue weighted by molar-refractivity contribution is 6.78. The van der Waals surface area contributed by atoms with E-state index in [9.17, 15) is 5.11 Å². The van der Waals surface area contributed by atoms with Crippen LogP contribution in [0, 0.1) is 0 Å². The number of unbranched alkanes of at least 4 members (excludes halogenated alkanes) is 3. The van der Waals surface area contributed by atoms with E-state index in [1.165, 1.54) is 19.3 Å². The molecule has 1 aliphatic rings. The van der Waals surface area contributed by atoms with Crippen LogP contribution in [0.15, 0.2) is 12.2 Å². The van der Waals surface area contributed by atoms with E-state index in [1.807, 2.05) is 0 Å². The minimum Gasteiger partial charge on any atom is -0.390 e. The van der Waals surface area contributed by atoms with Crippen LogP contribution in [0.4, 0.5) is 0 Å². The first-order valence-electron chi connectivity index (χ1n) is 6.95. The van der Waals surface area contributed by atoms with Crippen molar-refractivity contribution >= 4 is 8.07 Å². The third-order valence-corrected chi connectivity index (χ3v) is 5.45. The summed E-state index contributed by atoms with van der Waals surface area (Å²) in [4.78, 5) is 0. The van der Waals surface area contributed by atoms with Crippen LogP contribution in [0.25, 0.3) is 0 Å². The Morgan fingerprint density at radius 1 is 1.24 bits per heavy atom. The molecular formula is C14H28O2Si. The van der Waals surface area contributed by atoms with Crippen LogP contribution in [0.1, 0.15) is 39.0 Å². The lowest BCUT2D eigenvalue weighted by Crippen LogP contribution is -2.33. The van der Waals surface area contributed by atoms with Crippen molar-refractivity contribution in [2.45, 2.75) is 76.6 Å². The molecule has 1 N–H and O–H groups in total. The van der Waals surface area contributed by atoms with Crippen LogP contribution in [-0.4, -0.2) is 31.1 Å². The molecule has 1 rings (SSSR count). The van der Waals surface area contributed by atoms with Gasteiger partial charge >= 0.3 is 0 Å². The van der Waals surface area contributed by atoms with Crippen LogP contribution in [0.2, 0.25) is 19.6 Å². The summed E-state index contributed by atoms with van der Waals surface area (Å²) in [5.41, 5.74) is 0.367.